The third-order valence-corrected chi connectivity index (χ3v) is 4.46. The zero-order chi connectivity index (χ0) is 14.0. The third kappa shape index (κ3) is 2.88. The molecule has 1 aliphatic heterocycles. The molecule has 0 radical (unpaired) electrons. The lowest BCUT2D eigenvalue weighted by atomic mass is 9.96. The SMILES string of the molecule is CCN1C(=O)CCCC(N)C1c1cccc(Cl)c1Cl. The number of likely N-dealkylation sites (tertiary alicyclic amines) is 1. The number of carbonyl (C=O) groups excluding carboxylic acids is 1. The molecule has 1 aromatic carbocycles. The van der Waals surface area contributed by atoms with Gasteiger partial charge < -0.3 is 10.6 Å². The molecule has 3 nitrogen and oxygen atoms in total. The number of amides is 1. The van der Waals surface area contributed by atoms with E-state index in [-0.39, 0.29) is 18.0 Å². The van der Waals surface area contributed by atoms with Crippen LogP contribution in [-0.4, -0.2) is 23.4 Å². The number of rotatable bonds is 2. The Kier molecular flexibility index (Phi) is 4.71. The minimum Gasteiger partial charge on any atom is -0.334 e. The Bertz CT molecular complexity index is 479. The molecule has 1 amide bonds. The molecular weight excluding hydrogens is 283 g/mol. The summed E-state index contributed by atoms with van der Waals surface area (Å²) in [6.07, 6.45) is 2.19. The average Bonchev–Trinajstić information content (AvgIpc) is 2.52. The minimum absolute atomic E-state index is 0.109. The maximum Gasteiger partial charge on any atom is 0.223 e. The molecule has 1 aliphatic rings. The lowest BCUT2D eigenvalue weighted by Crippen LogP contribution is -2.42. The Morgan fingerprint density at radius 2 is 2.16 bits per heavy atom. The molecule has 0 aliphatic carbocycles. The van der Waals surface area contributed by atoms with Crippen molar-refractivity contribution in [3.8, 4) is 0 Å². The molecule has 104 valence electrons. The van der Waals surface area contributed by atoms with Crippen LogP contribution in [0.1, 0.15) is 37.8 Å². The fraction of sp³-hybridized carbons (Fsp3) is 0.500. The highest BCUT2D eigenvalue weighted by molar-refractivity contribution is 6.42. The smallest absolute Gasteiger partial charge is 0.223 e. The summed E-state index contributed by atoms with van der Waals surface area (Å²) in [4.78, 5) is 14.0. The minimum atomic E-state index is -0.189. The maximum atomic E-state index is 12.2. The van der Waals surface area contributed by atoms with Gasteiger partial charge in [0.25, 0.3) is 0 Å². The van der Waals surface area contributed by atoms with E-state index < -0.39 is 0 Å². The number of hydrogen-bond acceptors (Lipinski definition) is 2. The van der Waals surface area contributed by atoms with E-state index >= 15 is 0 Å². The highest BCUT2D eigenvalue weighted by Crippen LogP contribution is 2.36. The van der Waals surface area contributed by atoms with Crippen LogP contribution < -0.4 is 5.73 Å². The quantitative estimate of drug-likeness (QED) is 0.910. The highest BCUT2D eigenvalue weighted by Gasteiger charge is 2.33. The summed E-state index contributed by atoms with van der Waals surface area (Å²) in [6, 6.07) is 5.20. The lowest BCUT2D eigenvalue weighted by molar-refractivity contribution is -0.133. The van der Waals surface area contributed by atoms with Crippen molar-refractivity contribution < 1.29 is 4.79 Å². The molecule has 2 atom stereocenters. The van der Waals surface area contributed by atoms with Gasteiger partial charge in [0, 0.05) is 19.0 Å². The van der Waals surface area contributed by atoms with E-state index in [4.69, 9.17) is 28.9 Å². The van der Waals surface area contributed by atoms with Crippen molar-refractivity contribution in [3.63, 3.8) is 0 Å². The molecule has 2 unspecified atom stereocenters. The van der Waals surface area contributed by atoms with Gasteiger partial charge in [0.2, 0.25) is 5.91 Å². The van der Waals surface area contributed by atoms with Gasteiger partial charge in [0.15, 0.2) is 0 Å². The molecule has 0 bridgehead atoms. The van der Waals surface area contributed by atoms with Gasteiger partial charge in [0.1, 0.15) is 0 Å². The first-order valence-corrected chi connectivity index (χ1v) is 7.30. The normalized spacial score (nSPS) is 24.4. The van der Waals surface area contributed by atoms with E-state index in [1.807, 2.05) is 24.0 Å². The average molecular weight is 301 g/mol. The summed E-state index contributed by atoms with van der Waals surface area (Å²) in [7, 11) is 0. The van der Waals surface area contributed by atoms with Gasteiger partial charge in [-0.25, -0.2) is 0 Å². The molecule has 0 saturated carbocycles. The first kappa shape index (κ1) is 14.6. The molecule has 0 spiro atoms. The van der Waals surface area contributed by atoms with Crippen LogP contribution in [0.2, 0.25) is 10.0 Å². The van der Waals surface area contributed by atoms with Crippen molar-refractivity contribution in [3.05, 3.63) is 33.8 Å². The number of halogens is 2. The fourth-order valence-electron chi connectivity index (χ4n) is 2.70. The Morgan fingerprint density at radius 3 is 2.84 bits per heavy atom. The molecule has 1 saturated heterocycles. The Balaban J connectivity index is 2.47. The number of likely N-dealkylation sites (N-methyl/N-ethyl adjacent to an activating group) is 1. The van der Waals surface area contributed by atoms with Gasteiger partial charge in [-0.2, -0.15) is 0 Å². The molecular formula is C14H18Cl2N2O. The van der Waals surface area contributed by atoms with Gasteiger partial charge in [0.05, 0.1) is 16.1 Å². The van der Waals surface area contributed by atoms with Crippen LogP contribution in [0.15, 0.2) is 18.2 Å². The number of benzene rings is 1. The van der Waals surface area contributed by atoms with Crippen LogP contribution in [0, 0.1) is 0 Å². The number of nitrogens with zero attached hydrogens (tertiary/aromatic N) is 1. The van der Waals surface area contributed by atoms with E-state index in [1.54, 1.807) is 6.07 Å². The van der Waals surface area contributed by atoms with Crippen LogP contribution in [-0.2, 0) is 4.79 Å². The summed E-state index contributed by atoms with van der Waals surface area (Å²) in [5, 5.41) is 0.997. The summed E-state index contributed by atoms with van der Waals surface area (Å²) >= 11 is 12.4. The van der Waals surface area contributed by atoms with Crippen LogP contribution in [0.25, 0.3) is 0 Å². The van der Waals surface area contributed by atoms with E-state index in [2.05, 4.69) is 0 Å². The zero-order valence-electron chi connectivity index (χ0n) is 10.9. The molecule has 19 heavy (non-hydrogen) atoms. The largest absolute Gasteiger partial charge is 0.334 e. The van der Waals surface area contributed by atoms with Gasteiger partial charge in [-0.15, -0.1) is 0 Å². The second-order valence-corrected chi connectivity index (χ2v) is 5.61. The molecule has 2 rings (SSSR count). The van der Waals surface area contributed by atoms with Crippen LogP contribution in [0.4, 0.5) is 0 Å². The molecule has 1 fully saturated rings. The Labute approximate surface area is 123 Å². The Hall–Kier alpha value is -0.770. The fourth-order valence-corrected chi connectivity index (χ4v) is 3.12. The van der Waals surface area contributed by atoms with Crippen LogP contribution >= 0.6 is 23.2 Å². The monoisotopic (exact) mass is 300 g/mol. The zero-order valence-corrected chi connectivity index (χ0v) is 12.4. The van der Waals surface area contributed by atoms with Crippen molar-refractivity contribution in [1.82, 2.24) is 4.90 Å². The summed E-state index contributed by atoms with van der Waals surface area (Å²) < 4.78 is 0. The predicted octanol–water partition coefficient (Wildman–Crippen LogP) is 3.39. The number of hydrogen-bond donors (Lipinski definition) is 1. The second kappa shape index (κ2) is 6.12. The van der Waals surface area contributed by atoms with E-state index in [9.17, 15) is 4.79 Å². The molecule has 2 N–H and O–H groups in total. The standard InChI is InChI=1S/C14H18Cl2N2O/c1-2-18-12(19)8-4-7-11(17)14(18)9-5-3-6-10(15)13(9)16/h3,5-6,11,14H,2,4,7-8,17H2,1H3. The first-order chi connectivity index (χ1) is 9.06. The Morgan fingerprint density at radius 1 is 1.42 bits per heavy atom. The van der Waals surface area contributed by atoms with Gasteiger partial charge in [-0.1, -0.05) is 35.3 Å². The molecule has 5 heteroatoms. The van der Waals surface area contributed by atoms with Gasteiger partial charge >= 0.3 is 0 Å². The van der Waals surface area contributed by atoms with Crippen molar-refractivity contribution in [1.29, 1.82) is 0 Å². The number of nitrogens with two attached hydrogens (primary N) is 1. The summed E-state index contributed by atoms with van der Waals surface area (Å²) in [6.45, 7) is 2.58. The van der Waals surface area contributed by atoms with E-state index in [0.717, 1.165) is 18.4 Å². The summed E-state index contributed by atoms with van der Waals surface area (Å²) in [5.41, 5.74) is 7.11. The lowest BCUT2D eigenvalue weighted by Gasteiger charge is -2.33. The van der Waals surface area contributed by atoms with Crippen molar-refractivity contribution in [2.24, 2.45) is 5.73 Å². The van der Waals surface area contributed by atoms with Crippen LogP contribution in [0.3, 0.4) is 0 Å². The molecule has 1 heterocycles. The predicted molar refractivity (Wildman–Crippen MR) is 78.4 cm³/mol. The molecule has 0 aromatic heterocycles. The van der Waals surface area contributed by atoms with E-state index in [1.165, 1.54) is 0 Å². The summed E-state index contributed by atoms with van der Waals surface area (Å²) in [5.74, 6) is 0.136. The van der Waals surface area contributed by atoms with Crippen LogP contribution in [0.5, 0.6) is 0 Å². The third-order valence-electron chi connectivity index (χ3n) is 3.63. The van der Waals surface area contributed by atoms with Crippen molar-refractivity contribution >= 4 is 29.1 Å². The van der Waals surface area contributed by atoms with Crippen molar-refractivity contribution in [2.45, 2.75) is 38.3 Å². The van der Waals surface area contributed by atoms with Crippen molar-refractivity contribution in [2.75, 3.05) is 6.54 Å². The highest BCUT2D eigenvalue weighted by atomic mass is 35.5. The van der Waals surface area contributed by atoms with Gasteiger partial charge in [-0.3, -0.25) is 4.79 Å². The topological polar surface area (TPSA) is 46.3 Å². The van der Waals surface area contributed by atoms with E-state index in [0.29, 0.717) is 23.0 Å². The maximum absolute atomic E-state index is 12.2. The molecule has 1 aromatic rings. The number of carbonyl (C=O) groups is 1. The first-order valence-electron chi connectivity index (χ1n) is 6.55. The van der Waals surface area contributed by atoms with Gasteiger partial charge in [-0.05, 0) is 31.4 Å². The second-order valence-electron chi connectivity index (χ2n) is 4.82.